The molecule has 1 aliphatic rings. The van der Waals surface area contributed by atoms with Crippen LogP contribution in [0.4, 0.5) is 17.2 Å². The van der Waals surface area contributed by atoms with Gasteiger partial charge in [-0.05, 0) is 30.3 Å². The SMILES string of the molecule is COc1ccc(Cl)cc1N1C[C@H](C(=O)Nc2ccc(N(C)C)nc2)CC1=O. The number of halogens is 1. The predicted octanol–water partition coefficient (Wildman–Crippen LogP) is 2.80. The Balaban J connectivity index is 1.71. The summed E-state index contributed by atoms with van der Waals surface area (Å²) in [6.07, 6.45) is 1.73. The van der Waals surface area contributed by atoms with Crippen LogP contribution in [-0.2, 0) is 9.59 Å². The van der Waals surface area contributed by atoms with Crippen LogP contribution in [-0.4, -0.2) is 44.5 Å². The van der Waals surface area contributed by atoms with E-state index in [-0.39, 0.29) is 24.8 Å². The van der Waals surface area contributed by atoms with E-state index in [1.54, 1.807) is 35.4 Å². The zero-order chi connectivity index (χ0) is 19.6. The van der Waals surface area contributed by atoms with Crippen molar-refractivity contribution in [3.63, 3.8) is 0 Å². The number of ether oxygens (including phenoxy) is 1. The van der Waals surface area contributed by atoms with E-state index in [1.807, 2.05) is 25.1 Å². The van der Waals surface area contributed by atoms with E-state index in [2.05, 4.69) is 10.3 Å². The van der Waals surface area contributed by atoms with E-state index < -0.39 is 5.92 Å². The van der Waals surface area contributed by atoms with Crippen molar-refractivity contribution in [3.8, 4) is 5.75 Å². The molecule has 0 bridgehead atoms. The molecule has 27 heavy (non-hydrogen) atoms. The first-order chi connectivity index (χ1) is 12.9. The van der Waals surface area contributed by atoms with Gasteiger partial charge in [-0.2, -0.15) is 0 Å². The zero-order valence-corrected chi connectivity index (χ0v) is 16.2. The third kappa shape index (κ3) is 4.14. The van der Waals surface area contributed by atoms with E-state index in [0.717, 1.165) is 5.82 Å². The monoisotopic (exact) mass is 388 g/mol. The minimum atomic E-state index is -0.463. The van der Waals surface area contributed by atoms with Crippen molar-refractivity contribution in [2.75, 3.05) is 42.9 Å². The molecule has 1 aromatic heterocycles. The molecule has 2 amide bonds. The molecule has 7 nitrogen and oxygen atoms in total. The molecule has 1 fully saturated rings. The first-order valence-corrected chi connectivity index (χ1v) is 8.85. The number of carbonyl (C=O) groups is 2. The number of rotatable bonds is 5. The number of hydrogen-bond donors (Lipinski definition) is 1. The van der Waals surface area contributed by atoms with Crippen molar-refractivity contribution in [3.05, 3.63) is 41.6 Å². The highest BCUT2D eigenvalue weighted by Gasteiger charge is 2.36. The number of hydrogen-bond acceptors (Lipinski definition) is 5. The fourth-order valence-electron chi connectivity index (χ4n) is 2.96. The third-order valence-electron chi connectivity index (χ3n) is 4.40. The Morgan fingerprint density at radius 2 is 2.11 bits per heavy atom. The Kier molecular flexibility index (Phi) is 5.51. The van der Waals surface area contributed by atoms with Gasteiger partial charge >= 0.3 is 0 Å². The smallest absolute Gasteiger partial charge is 0.229 e. The molecule has 0 aliphatic carbocycles. The Morgan fingerprint density at radius 3 is 2.74 bits per heavy atom. The molecule has 8 heteroatoms. The maximum absolute atomic E-state index is 12.6. The van der Waals surface area contributed by atoms with Gasteiger partial charge in [0.05, 0.1) is 30.6 Å². The van der Waals surface area contributed by atoms with Crippen molar-refractivity contribution in [1.29, 1.82) is 0 Å². The Hall–Kier alpha value is -2.80. The van der Waals surface area contributed by atoms with Gasteiger partial charge in [-0.3, -0.25) is 9.59 Å². The molecule has 1 aliphatic heterocycles. The number of methoxy groups -OCH3 is 1. The van der Waals surface area contributed by atoms with Crippen LogP contribution in [0, 0.1) is 5.92 Å². The minimum absolute atomic E-state index is 0.130. The van der Waals surface area contributed by atoms with Crippen LogP contribution in [0.3, 0.4) is 0 Å². The molecule has 1 atom stereocenters. The highest BCUT2D eigenvalue weighted by Crippen LogP contribution is 2.35. The van der Waals surface area contributed by atoms with Crippen LogP contribution in [0.25, 0.3) is 0 Å². The minimum Gasteiger partial charge on any atom is -0.495 e. The zero-order valence-electron chi connectivity index (χ0n) is 15.4. The van der Waals surface area contributed by atoms with Gasteiger partial charge in [-0.1, -0.05) is 11.6 Å². The van der Waals surface area contributed by atoms with Crippen molar-refractivity contribution >= 4 is 40.6 Å². The van der Waals surface area contributed by atoms with Gasteiger partial charge in [0.2, 0.25) is 11.8 Å². The Labute approximate surface area is 162 Å². The Morgan fingerprint density at radius 1 is 1.33 bits per heavy atom. The molecule has 0 radical (unpaired) electrons. The lowest BCUT2D eigenvalue weighted by atomic mass is 10.1. The lowest BCUT2D eigenvalue weighted by Crippen LogP contribution is -2.28. The number of nitrogens with one attached hydrogen (secondary N) is 1. The third-order valence-corrected chi connectivity index (χ3v) is 4.64. The molecule has 1 saturated heterocycles. The molecule has 2 heterocycles. The van der Waals surface area contributed by atoms with E-state index >= 15 is 0 Å². The lowest BCUT2D eigenvalue weighted by molar-refractivity contribution is -0.122. The highest BCUT2D eigenvalue weighted by atomic mass is 35.5. The van der Waals surface area contributed by atoms with E-state index in [9.17, 15) is 9.59 Å². The molecule has 0 unspecified atom stereocenters. The Bertz CT molecular complexity index is 855. The molecular weight excluding hydrogens is 368 g/mol. The number of amides is 2. The second kappa shape index (κ2) is 7.84. The molecule has 1 aromatic carbocycles. The summed E-state index contributed by atoms with van der Waals surface area (Å²) < 4.78 is 5.32. The van der Waals surface area contributed by atoms with Crippen LogP contribution in [0.1, 0.15) is 6.42 Å². The number of nitrogens with zero attached hydrogens (tertiary/aromatic N) is 3. The lowest BCUT2D eigenvalue weighted by Gasteiger charge is -2.20. The van der Waals surface area contributed by atoms with Crippen LogP contribution < -0.4 is 19.9 Å². The number of aromatic nitrogens is 1. The fourth-order valence-corrected chi connectivity index (χ4v) is 3.13. The predicted molar refractivity (Wildman–Crippen MR) is 106 cm³/mol. The highest BCUT2D eigenvalue weighted by molar-refractivity contribution is 6.31. The number of pyridine rings is 1. The number of carbonyl (C=O) groups excluding carboxylic acids is 2. The second-order valence-electron chi connectivity index (χ2n) is 6.51. The maximum Gasteiger partial charge on any atom is 0.229 e. The van der Waals surface area contributed by atoms with Gasteiger partial charge in [0, 0.05) is 32.1 Å². The number of benzene rings is 1. The standard InChI is InChI=1S/C19H21ClN4O3/c1-23(2)17-7-5-14(10-21-17)22-19(26)12-8-18(25)24(11-12)15-9-13(20)4-6-16(15)27-3/h4-7,9-10,12H,8,11H2,1-3H3,(H,22,26)/t12-/m1/s1. The average molecular weight is 389 g/mol. The van der Waals surface area contributed by atoms with Crippen molar-refractivity contribution in [2.45, 2.75) is 6.42 Å². The molecule has 142 valence electrons. The fraction of sp³-hybridized carbons (Fsp3) is 0.316. The van der Waals surface area contributed by atoms with Gasteiger partial charge in [-0.15, -0.1) is 0 Å². The van der Waals surface area contributed by atoms with Crippen LogP contribution in [0.2, 0.25) is 5.02 Å². The van der Waals surface area contributed by atoms with Gasteiger partial charge in [0.1, 0.15) is 11.6 Å². The summed E-state index contributed by atoms with van der Waals surface area (Å²) in [5.74, 6) is 0.512. The molecule has 0 spiro atoms. The number of anilines is 3. The second-order valence-corrected chi connectivity index (χ2v) is 6.95. The average Bonchev–Trinajstić information content (AvgIpc) is 3.04. The van der Waals surface area contributed by atoms with Crippen LogP contribution >= 0.6 is 11.6 Å². The van der Waals surface area contributed by atoms with Crippen LogP contribution in [0.5, 0.6) is 5.75 Å². The van der Waals surface area contributed by atoms with E-state index in [4.69, 9.17) is 16.3 Å². The maximum atomic E-state index is 12.6. The molecule has 2 aromatic rings. The van der Waals surface area contributed by atoms with Crippen molar-refractivity contribution < 1.29 is 14.3 Å². The first-order valence-electron chi connectivity index (χ1n) is 8.47. The summed E-state index contributed by atoms with van der Waals surface area (Å²) in [4.78, 5) is 32.7. The topological polar surface area (TPSA) is 74.8 Å². The largest absolute Gasteiger partial charge is 0.495 e. The first kappa shape index (κ1) is 19.0. The van der Waals surface area contributed by atoms with E-state index in [0.29, 0.717) is 22.1 Å². The summed E-state index contributed by atoms with van der Waals surface area (Å²) in [5, 5.41) is 3.33. The summed E-state index contributed by atoms with van der Waals surface area (Å²) in [6, 6.07) is 8.67. The molecule has 3 rings (SSSR count). The van der Waals surface area contributed by atoms with Gasteiger partial charge in [0.25, 0.3) is 0 Å². The van der Waals surface area contributed by atoms with Gasteiger partial charge in [0.15, 0.2) is 0 Å². The van der Waals surface area contributed by atoms with Crippen molar-refractivity contribution in [2.24, 2.45) is 5.92 Å². The summed E-state index contributed by atoms with van der Waals surface area (Å²) in [5.41, 5.74) is 1.17. The molecule has 0 saturated carbocycles. The van der Waals surface area contributed by atoms with Crippen LogP contribution in [0.15, 0.2) is 36.5 Å². The quantitative estimate of drug-likeness (QED) is 0.852. The normalized spacial score (nSPS) is 16.4. The van der Waals surface area contributed by atoms with Gasteiger partial charge in [-0.25, -0.2) is 4.98 Å². The molecule has 1 N–H and O–H groups in total. The molecular formula is C19H21ClN4O3. The summed E-state index contributed by atoms with van der Waals surface area (Å²) >= 11 is 6.06. The van der Waals surface area contributed by atoms with E-state index in [1.165, 1.54) is 7.11 Å². The van der Waals surface area contributed by atoms with Gasteiger partial charge < -0.3 is 19.9 Å². The summed E-state index contributed by atoms with van der Waals surface area (Å²) in [6.45, 7) is 0.268. The summed E-state index contributed by atoms with van der Waals surface area (Å²) in [7, 11) is 5.31. The van der Waals surface area contributed by atoms with Crippen molar-refractivity contribution in [1.82, 2.24) is 4.98 Å².